The van der Waals surface area contributed by atoms with Crippen molar-refractivity contribution in [1.82, 2.24) is 14.8 Å². The fourth-order valence-electron chi connectivity index (χ4n) is 3.58. The first-order valence-electron chi connectivity index (χ1n) is 8.35. The van der Waals surface area contributed by atoms with Crippen LogP contribution < -0.4 is 0 Å². The SMILES string of the molecule is CC(C)=CCN1C[C@@H]2CC[C@H]1CN(C(=O)c1ncccc1O)C2. The normalized spacial score (nSPS) is 24.3. The lowest BCUT2D eigenvalue weighted by Gasteiger charge is -2.35. The standard InChI is InChI=1S/C18H25N3O2/c1-13(2)7-9-20-10-14-5-6-15(20)12-21(11-14)18(23)17-16(22)4-3-8-19-17/h3-4,7-8,14-15,22H,5-6,9-12H2,1-2H3/t14-,15-/m0/s1. The first kappa shape index (κ1) is 16.0. The molecule has 124 valence electrons. The predicted octanol–water partition coefficient (Wildman–Crippen LogP) is 2.29. The monoisotopic (exact) mass is 315 g/mol. The van der Waals surface area contributed by atoms with Gasteiger partial charge in [-0.05, 0) is 44.7 Å². The van der Waals surface area contributed by atoms with Crippen LogP contribution in [0.15, 0.2) is 30.0 Å². The zero-order chi connectivity index (χ0) is 16.4. The maximum Gasteiger partial charge on any atom is 0.276 e. The van der Waals surface area contributed by atoms with Crippen molar-refractivity contribution < 1.29 is 9.90 Å². The summed E-state index contributed by atoms with van der Waals surface area (Å²) in [6.07, 6.45) is 6.13. The number of carbonyl (C=O) groups is 1. The van der Waals surface area contributed by atoms with E-state index in [4.69, 9.17) is 0 Å². The van der Waals surface area contributed by atoms with E-state index in [0.717, 1.165) is 32.6 Å². The van der Waals surface area contributed by atoms with Crippen LogP contribution >= 0.6 is 0 Å². The van der Waals surface area contributed by atoms with E-state index in [1.807, 2.05) is 4.90 Å². The Hall–Kier alpha value is -1.88. The molecule has 3 saturated heterocycles. The Morgan fingerprint density at radius 1 is 1.35 bits per heavy atom. The van der Waals surface area contributed by atoms with E-state index >= 15 is 0 Å². The zero-order valence-corrected chi connectivity index (χ0v) is 13.9. The summed E-state index contributed by atoms with van der Waals surface area (Å²) >= 11 is 0. The fraction of sp³-hybridized carbons (Fsp3) is 0.556. The molecule has 0 spiro atoms. The van der Waals surface area contributed by atoms with Gasteiger partial charge in [-0.2, -0.15) is 0 Å². The van der Waals surface area contributed by atoms with Crippen molar-refractivity contribution >= 4 is 5.91 Å². The number of fused-ring (bicyclic) bond motifs is 4. The highest BCUT2D eigenvalue weighted by Crippen LogP contribution is 2.29. The number of rotatable bonds is 3. The van der Waals surface area contributed by atoms with E-state index in [9.17, 15) is 9.90 Å². The largest absolute Gasteiger partial charge is 0.505 e. The maximum atomic E-state index is 12.7. The summed E-state index contributed by atoms with van der Waals surface area (Å²) in [5.74, 6) is 0.327. The van der Waals surface area contributed by atoms with Gasteiger partial charge in [-0.15, -0.1) is 0 Å². The highest BCUT2D eigenvalue weighted by Gasteiger charge is 2.36. The van der Waals surface area contributed by atoms with Gasteiger partial charge in [0, 0.05) is 38.4 Å². The molecule has 0 unspecified atom stereocenters. The maximum absolute atomic E-state index is 12.7. The second-order valence-electron chi connectivity index (χ2n) is 6.91. The van der Waals surface area contributed by atoms with Crippen molar-refractivity contribution in [3.63, 3.8) is 0 Å². The van der Waals surface area contributed by atoms with E-state index < -0.39 is 0 Å². The molecule has 1 aromatic rings. The van der Waals surface area contributed by atoms with Crippen molar-refractivity contribution in [2.75, 3.05) is 26.2 Å². The Kier molecular flexibility index (Phi) is 4.66. The summed E-state index contributed by atoms with van der Waals surface area (Å²) in [6, 6.07) is 3.56. The number of nitrogens with zero attached hydrogens (tertiary/aromatic N) is 3. The number of piperidine rings is 1. The number of hydrogen-bond donors (Lipinski definition) is 1. The summed E-state index contributed by atoms with van der Waals surface area (Å²) in [5.41, 5.74) is 1.50. The molecule has 1 N–H and O–H groups in total. The van der Waals surface area contributed by atoms with Crippen LogP contribution in [0.5, 0.6) is 5.75 Å². The molecule has 4 heterocycles. The van der Waals surface area contributed by atoms with E-state index in [0.29, 0.717) is 12.0 Å². The number of allylic oxidation sites excluding steroid dienone is 1. The third-order valence-electron chi connectivity index (χ3n) is 4.84. The molecule has 2 bridgehead atoms. The van der Waals surface area contributed by atoms with Crippen LogP contribution in [0.2, 0.25) is 0 Å². The number of hydrogen-bond acceptors (Lipinski definition) is 4. The average molecular weight is 315 g/mol. The van der Waals surface area contributed by atoms with Crippen LogP contribution in [0.1, 0.15) is 37.2 Å². The van der Waals surface area contributed by atoms with Gasteiger partial charge in [0.2, 0.25) is 0 Å². The number of aromatic hydroxyl groups is 1. The molecule has 0 aliphatic carbocycles. The van der Waals surface area contributed by atoms with E-state index in [1.54, 1.807) is 12.3 Å². The minimum atomic E-state index is -0.149. The predicted molar refractivity (Wildman–Crippen MR) is 89.3 cm³/mol. The molecule has 3 fully saturated rings. The molecule has 3 aliphatic heterocycles. The van der Waals surface area contributed by atoms with Crippen molar-refractivity contribution in [3.8, 4) is 5.75 Å². The van der Waals surface area contributed by atoms with Gasteiger partial charge >= 0.3 is 0 Å². The number of amides is 1. The Morgan fingerprint density at radius 2 is 2.17 bits per heavy atom. The number of pyridine rings is 1. The van der Waals surface area contributed by atoms with E-state index in [2.05, 4.69) is 29.8 Å². The van der Waals surface area contributed by atoms with Crippen molar-refractivity contribution in [3.05, 3.63) is 35.7 Å². The average Bonchev–Trinajstić information content (AvgIpc) is 2.84. The van der Waals surface area contributed by atoms with Crippen molar-refractivity contribution in [1.29, 1.82) is 0 Å². The second kappa shape index (κ2) is 6.71. The first-order valence-corrected chi connectivity index (χ1v) is 8.35. The van der Waals surface area contributed by atoms with Crippen LogP contribution in [0, 0.1) is 5.92 Å². The van der Waals surface area contributed by atoms with Gasteiger partial charge in [0.15, 0.2) is 5.69 Å². The Balaban J connectivity index is 1.75. The summed E-state index contributed by atoms with van der Waals surface area (Å²) < 4.78 is 0. The zero-order valence-electron chi connectivity index (χ0n) is 13.9. The molecule has 0 radical (unpaired) electrons. The third kappa shape index (κ3) is 3.55. The fourth-order valence-corrected chi connectivity index (χ4v) is 3.58. The molecule has 23 heavy (non-hydrogen) atoms. The lowest BCUT2D eigenvalue weighted by molar-refractivity contribution is 0.0731. The van der Waals surface area contributed by atoms with E-state index in [1.165, 1.54) is 18.1 Å². The first-order chi connectivity index (χ1) is 11.0. The number of carbonyl (C=O) groups excluding carboxylic acids is 1. The van der Waals surface area contributed by atoms with Crippen LogP contribution in [-0.2, 0) is 0 Å². The molecule has 2 atom stereocenters. The van der Waals surface area contributed by atoms with E-state index in [-0.39, 0.29) is 17.4 Å². The van der Waals surface area contributed by atoms with Gasteiger partial charge in [0.1, 0.15) is 5.75 Å². The van der Waals surface area contributed by atoms with Gasteiger partial charge in [-0.3, -0.25) is 9.69 Å². The van der Waals surface area contributed by atoms with Crippen molar-refractivity contribution in [2.45, 2.75) is 32.7 Å². The quantitative estimate of drug-likeness (QED) is 0.870. The Bertz CT molecular complexity index is 610. The van der Waals surface area contributed by atoms with Crippen molar-refractivity contribution in [2.24, 2.45) is 5.92 Å². The van der Waals surface area contributed by atoms with Gasteiger partial charge in [0.05, 0.1) is 0 Å². The summed E-state index contributed by atoms with van der Waals surface area (Å²) in [6.45, 7) is 7.73. The van der Waals surface area contributed by atoms with Crippen LogP contribution in [0.25, 0.3) is 0 Å². The molecule has 0 aromatic carbocycles. The molecule has 1 aromatic heterocycles. The van der Waals surface area contributed by atoms with Gasteiger partial charge < -0.3 is 10.0 Å². The van der Waals surface area contributed by atoms with Crippen LogP contribution in [-0.4, -0.2) is 58.0 Å². The molecule has 0 saturated carbocycles. The molecule has 5 heteroatoms. The second-order valence-corrected chi connectivity index (χ2v) is 6.91. The molecule has 5 nitrogen and oxygen atoms in total. The Labute approximate surface area is 137 Å². The summed E-state index contributed by atoms with van der Waals surface area (Å²) in [7, 11) is 0. The van der Waals surface area contributed by atoms with Crippen LogP contribution in [0.3, 0.4) is 0 Å². The lowest BCUT2D eigenvalue weighted by atomic mass is 9.95. The highest BCUT2D eigenvalue weighted by atomic mass is 16.3. The third-order valence-corrected chi connectivity index (χ3v) is 4.84. The molecule has 4 rings (SSSR count). The molecular formula is C18H25N3O2. The molecule has 1 amide bonds. The smallest absolute Gasteiger partial charge is 0.276 e. The van der Waals surface area contributed by atoms with Gasteiger partial charge in [-0.25, -0.2) is 4.98 Å². The minimum Gasteiger partial charge on any atom is -0.505 e. The molecule has 3 aliphatic rings. The van der Waals surface area contributed by atoms with Gasteiger partial charge in [-0.1, -0.05) is 11.6 Å². The molecular weight excluding hydrogens is 290 g/mol. The summed E-state index contributed by atoms with van der Waals surface area (Å²) in [5, 5.41) is 9.90. The minimum absolute atomic E-state index is 0.0320. The number of aromatic nitrogens is 1. The Morgan fingerprint density at radius 3 is 2.91 bits per heavy atom. The highest BCUT2D eigenvalue weighted by molar-refractivity contribution is 5.94. The topological polar surface area (TPSA) is 56.7 Å². The van der Waals surface area contributed by atoms with Gasteiger partial charge in [0.25, 0.3) is 5.91 Å². The lowest BCUT2D eigenvalue weighted by Crippen LogP contribution is -2.44. The van der Waals surface area contributed by atoms with Crippen LogP contribution in [0.4, 0.5) is 0 Å². The summed E-state index contributed by atoms with van der Waals surface area (Å²) in [4.78, 5) is 21.2.